The largest absolute Gasteiger partial charge is 0.439 e. The average molecular weight is 428 g/mol. The number of hydrogen-bond donors (Lipinski definition) is 2. The van der Waals surface area contributed by atoms with Gasteiger partial charge >= 0.3 is 0 Å². The number of nitrogens with two attached hydrogens (primary N) is 1. The number of ether oxygens (including phenoxy) is 1. The van der Waals surface area contributed by atoms with E-state index in [0.717, 1.165) is 5.56 Å². The number of rotatable bonds is 6. The van der Waals surface area contributed by atoms with Crippen LogP contribution in [0.4, 0.5) is 4.39 Å². The number of guanidine groups is 1. The number of hydrogen-bond acceptors (Lipinski definition) is 3. The Morgan fingerprint density at radius 2 is 2.22 bits per heavy atom. The molecule has 7 heteroatoms. The predicted octanol–water partition coefficient (Wildman–Crippen LogP) is 3.22. The number of nitrogens with zero attached hydrogens (tertiary/aromatic N) is 2. The molecule has 0 saturated carbocycles. The van der Waals surface area contributed by atoms with Crippen molar-refractivity contribution in [1.82, 2.24) is 10.3 Å². The molecule has 0 aliphatic rings. The van der Waals surface area contributed by atoms with Crippen molar-refractivity contribution in [1.29, 1.82) is 0 Å². The zero-order valence-electron chi connectivity index (χ0n) is 12.4. The van der Waals surface area contributed by atoms with Crippen LogP contribution in [0.5, 0.6) is 11.6 Å². The maximum atomic E-state index is 13.2. The van der Waals surface area contributed by atoms with E-state index in [0.29, 0.717) is 30.7 Å². The average Bonchev–Trinajstić information content (AvgIpc) is 2.52. The molecule has 0 aliphatic carbocycles. The third kappa shape index (κ3) is 6.23. The summed E-state index contributed by atoms with van der Waals surface area (Å²) in [6.45, 7) is 4.42. The minimum atomic E-state index is -0.370. The van der Waals surface area contributed by atoms with Gasteiger partial charge in [-0.1, -0.05) is 18.2 Å². The molecule has 1 aromatic heterocycles. The minimum absolute atomic E-state index is 0. The van der Waals surface area contributed by atoms with E-state index in [4.69, 9.17) is 10.5 Å². The van der Waals surface area contributed by atoms with Crippen molar-refractivity contribution in [3.63, 3.8) is 0 Å². The normalized spacial score (nSPS) is 10.6. The van der Waals surface area contributed by atoms with Crippen LogP contribution in [0.1, 0.15) is 5.56 Å². The highest BCUT2D eigenvalue weighted by molar-refractivity contribution is 14.0. The Labute approximate surface area is 151 Å². The van der Waals surface area contributed by atoms with Crippen molar-refractivity contribution in [3.05, 3.63) is 66.6 Å². The summed E-state index contributed by atoms with van der Waals surface area (Å²) in [4.78, 5) is 8.35. The van der Waals surface area contributed by atoms with E-state index in [1.165, 1.54) is 12.1 Å². The summed E-state index contributed by atoms with van der Waals surface area (Å²) < 4.78 is 18.8. The lowest BCUT2D eigenvalue weighted by Crippen LogP contribution is -2.31. The van der Waals surface area contributed by atoms with Gasteiger partial charge in [0.2, 0.25) is 5.88 Å². The highest BCUT2D eigenvalue weighted by atomic mass is 127. The quantitative estimate of drug-likeness (QED) is 0.321. The zero-order chi connectivity index (χ0) is 15.8. The van der Waals surface area contributed by atoms with E-state index in [9.17, 15) is 4.39 Å². The van der Waals surface area contributed by atoms with E-state index < -0.39 is 0 Å². The van der Waals surface area contributed by atoms with E-state index in [2.05, 4.69) is 21.9 Å². The Morgan fingerprint density at radius 1 is 1.39 bits per heavy atom. The summed E-state index contributed by atoms with van der Waals surface area (Å²) in [6.07, 6.45) is 3.28. The summed E-state index contributed by atoms with van der Waals surface area (Å²) in [5.74, 6) is 0.682. The number of halogens is 2. The second-order valence-corrected chi connectivity index (χ2v) is 4.40. The number of aromatic nitrogens is 1. The van der Waals surface area contributed by atoms with Crippen LogP contribution in [0.15, 0.2) is 60.2 Å². The number of aliphatic imine (C=N–C) groups is 1. The summed E-state index contributed by atoms with van der Waals surface area (Å²) in [6, 6.07) is 9.47. The summed E-state index contributed by atoms with van der Waals surface area (Å²) in [5, 5.41) is 2.88. The molecular weight excluding hydrogens is 410 g/mol. The van der Waals surface area contributed by atoms with Crippen molar-refractivity contribution in [2.75, 3.05) is 6.54 Å². The third-order valence-electron chi connectivity index (χ3n) is 2.71. The van der Waals surface area contributed by atoms with Crippen molar-refractivity contribution < 1.29 is 9.13 Å². The number of benzene rings is 1. The molecule has 0 bridgehead atoms. The van der Waals surface area contributed by atoms with Crippen molar-refractivity contribution in [2.45, 2.75) is 6.54 Å². The van der Waals surface area contributed by atoms with Crippen LogP contribution in [0.3, 0.4) is 0 Å². The number of pyridine rings is 1. The highest BCUT2D eigenvalue weighted by Crippen LogP contribution is 2.23. The lowest BCUT2D eigenvalue weighted by atomic mass is 10.2. The minimum Gasteiger partial charge on any atom is -0.439 e. The van der Waals surface area contributed by atoms with Gasteiger partial charge in [0.25, 0.3) is 0 Å². The monoisotopic (exact) mass is 428 g/mol. The SMILES string of the molecule is C=CCNC(N)=NCc1cccnc1Oc1cccc(F)c1.I. The Balaban J connectivity index is 0.00000264. The highest BCUT2D eigenvalue weighted by Gasteiger charge is 2.06. The smallest absolute Gasteiger partial charge is 0.224 e. The molecule has 0 saturated heterocycles. The predicted molar refractivity (Wildman–Crippen MR) is 99.7 cm³/mol. The fraction of sp³-hybridized carbons (Fsp3) is 0.125. The van der Waals surface area contributed by atoms with Gasteiger partial charge in [0.15, 0.2) is 5.96 Å². The molecule has 1 aromatic carbocycles. The molecule has 0 unspecified atom stereocenters. The first-order chi connectivity index (χ1) is 10.7. The van der Waals surface area contributed by atoms with Gasteiger partial charge in [-0.05, 0) is 18.2 Å². The second-order valence-electron chi connectivity index (χ2n) is 4.40. The van der Waals surface area contributed by atoms with Crippen LogP contribution in [0.25, 0.3) is 0 Å². The van der Waals surface area contributed by atoms with Gasteiger partial charge in [0.05, 0.1) is 6.54 Å². The van der Waals surface area contributed by atoms with Gasteiger partial charge < -0.3 is 15.8 Å². The summed E-state index contributed by atoms with van der Waals surface area (Å²) in [7, 11) is 0. The molecule has 0 amide bonds. The van der Waals surface area contributed by atoms with Crippen LogP contribution in [-0.4, -0.2) is 17.5 Å². The van der Waals surface area contributed by atoms with E-state index in [1.54, 1.807) is 30.5 Å². The molecule has 3 N–H and O–H groups in total. The zero-order valence-corrected chi connectivity index (χ0v) is 14.7. The van der Waals surface area contributed by atoms with E-state index in [-0.39, 0.29) is 29.8 Å². The van der Waals surface area contributed by atoms with E-state index in [1.807, 2.05) is 6.07 Å². The third-order valence-corrected chi connectivity index (χ3v) is 2.71. The van der Waals surface area contributed by atoms with Crippen molar-refractivity contribution in [2.24, 2.45) is 10.7 Å². The summed E-state index contributed by atoms with van der Waals surface area (Å²) in [5.41, 5.74) is 6.46. The van der Waals surface area contributed by atoms with Gasteiger partial charge in [0, 0.05) is 24.4 Å². The maximum absolute atomic E-state index is 13.2. The Morgan fingerprint density at radius 3 is 2.96 bits per heavy atom. The van der Waals surface area contributed by atoms with Gasteiger partial charge in [-0.3, -0.25) is 0 Å². The van der Waals surface area contributed by atoms with Gasteiger partial charge in [-0.2, -0.15) is 0 Å². The molecule has 1 heterocycles. The topological polar surface area (TPSA) is 72.5 Å². The lowest BCUT2D eigenvalue weighted by molar-refractivity contribution is 0.452. The molecule has 0 radical (unpaired) electrons. The molecule has 5 nitrogen and oxygen atoms in total. The molecule has 0 fully saturated rings. The van der Waals surface area contributed by atoms with Crippen molar-refractivity contribution in [3.8, 4) is 11.6 Å². The fourth-order valence-corrected chi connectivity index (χ4v) is 1.68. The Hall–Kier alpha value is -2.16. The first kappa shape index (κ1) is 18.9. The Kier molecular flexibility index (Phi) is 8.03. The van der Waals surface area contributed by atoms with Gasteiger partial charge in [-0.25, -0.2) is 14.4 Å². The van der Waals surface area contributed by atoms with Crippen LogP contribution < -0.4 is 15.8 Å². The van der Waals surface area contributed by atoms with Crippen molar-refractivity contribution >= 4 is 29.9 Å². The second kappa shape index (κ2) is 9.78. The molecular formula is C16H18FIN4O. The molecule has 2 aromatic rings. The van der Waals surface area contributed by atoms with Crippen LogP contribution in [-0.2, 0) is 6.54 Å². The van der Waals surface area contributed by atoms with Crippen LogP contribution >= 0.6 is 24.0 Å². The fourth-order valence-electron chi connectivity index (χ4n) is 1.68. The first-order valence-electron chi connectivity index (χ1n) is 6.71. The standard InChI is InChI=1S/C16H17FN4O.HI/c1-2-8-20-16(18)21-11-12-5-4-9-19-15(12)22-14-7-3-6-13(17)10-14;/h2-7,9-10H,1,8,11H2,(H3,18,20,21);1H. The van der Waals surface area contributed by atoms with Crippen LogP contribution in [0, 0.1) is 5.82 Å². The molecule has 0 atom stereocenters. The Bertz CT molecular complexity index is 679. The van der Waals surface area contributed by atoms with E-state index >= 15 is 0 Å². The van der Waals surface area contributed by atoms with Gasteiger partial charge in [0.1, 0.15) is 11.6 Å². The summed E-state index contributed by atoms with van der Waals surface area (Å²) >= 11 is 0. The first-order valence-corrected chi connectivity index (χ1v) is 6.71. The van der Waals surface area contributed by atoms with Crippen LogP contribution in [0.2, 0.25) is 0 Å². The molecule has 2 rings (SSSR count). The maximum Gasteiger partial charge on any atom is 0.224 e. The molecule has 0 spiro atoms. The molecule has 0 aliphatic heterocycles. The van der Waals surface area contributed by atoms with Gasteiger partial charge in [-0.15, -0.1) is 30.6 Å². The number of nitrogens with one attached hydrogen (secondary N) is 1. The molecule has 122 valence electrons. The lowest BCUT2D eigenvalue weighted by Gasteiger charge is -2.09. The molecule has 23 heavy (non-hydrogen) atoms.